The number of carbonyl (C=O) groups is 1. The number of rotatable bonds is 10. The summed E-state index contributed by atoms with van der Waals surface area (Å²) in [6, 6.07) is 12.2. The Kier molecular flexibility index (Phi) is 9.45. The zero-order valence-electron chi connectivity index (χ0n) is 20.8. The van der Waals surface area contributed by atoms with Crippen LogP contribution in [0.3, 0.4) is 0 Å². The molecule has 2 aromatic carbocycles. The minimum absolute atomic E-state index is 0. The first-order chi connectivity index (χ1) is 16.9. The molecule has 198 valence electrons. The zero-order chi connectivity index (χ0) is 24.8. The molecule has 8 heteroatoms. The number of benzene rings is 2. The Hall–Kier alpha value is -2.97. The smallest absolute Gasteiger partial charge is 0.223 e. The molecule has 0 aromatic heterocycles. The topological polar surface area (TPSA) is 89.5 Å². The third kappa shape index (κ3) is 6.83. The maximum Gasteiger partial charge on any atom is 0.223 e. The van der Waals surface area contributed by atoms with Crippen LogP contribution in [0.2, 0.25) is 0 Å². The van der Waals surface area contributed by atoms with Gasteiger partial charge in [-0.3, -0.25) is 9.69 Å². The summed E-state index contributed by atoms with van der Waals surface area (Å²) in [5.74, 6) is 2.54. The first-order valence-electron chi connectivity index (χ1n) is 12.2. The number of amides is 1. The molecule has 0 spiro atoms. The number of aliphatic hydroxyl groups excluding tert-OH is 1. The quantitative estimate of drug-likeness (QED) is 0.510. The van der Waals surface area contributed by atoms with Crippen molar-refractivity contribution in [3.63, 3.8) is 0 Å². The molecule has 0 aliphatic carbocycles. The first kappa shape index (κ1) is 27.6. The summed E-state index contributed by atoms with van der Waals surface area (Å²) in [6.07, 6.45) is 1.47. The molecule has 2 aliphatic heterocycles. The SMILES string of the molecule is C.COc1ccc(OCCC(=O)N[C@H](CN2CCCC2(C)C)[C@H](O)c2ccc3c(c2)OCCO3)cc1. The summed E-state index contributed by atoms with van der Waals surface area (Å²) in [5, 5.41) is 14.4. The number of aliphatic hydroxyl groups is 1. The Balaban J connectivity index is 0.00000361. The van der Waals surface area contributed by atoms with Gasteiger partial charge >= 0.3 is 0 Å². The van der Waals surface area contributed by atoms with Gasteiger partial charge in [-0.05, 0) is 75.2 Å². The molecule has 0 saturated carbocycles. The van der Waals surface area contributed by atoms with E-state index in [-0.39, 0.29) is 31.9 Å². The van der Waals surface area contributed by atoms with Crippen molar-refractivity contribution < 1.29 is 28.8 Å². The second-order valence-electron chi connectivity index (χ2n) is 9.66. The van der Waals surface area contributed by atoms with Gasteiger partial charge in [-0.15, -0.1) is 0 Å². The van der Waals surface area contributed by atoms with Gasteiger partial charge in [0.1, 0.15) is 30.8 Å². The molecule has 1 saturated heterocycles. The highest BCUT2D eigenvalue weighted by Gasteiger charge is 2.36. The van der Waals surface area contributed by atoms with Gasteiger partial charge in [0.15, 0.2) is 11.5 Å². The highest BCUT2D eigenvalue weighted by Crippen LogP contribution is 2.34. The summed E-state index contributed by atoms with van der Waals surface area (Å²) < 4.78 is 22.2. The average Bonchev–Trinajstić information content (AvgIpc) is 3.20. The molecule has 1 amide bonds. The van der Waals surface area contributed by atoms with E-state index in [1.807, 2.05) is 24.3 Å². The zero-order valence-corrected chi connectivity index (χ0v) is 20.8. The van der Waals surface area contributed by atoms with Crippen molar-refractivity contribution in [2.45, 2.75) is 58.2 Å². The molecule has 2 aromatic rings. The number of carbonyl (C=O) groups excluding carboxylic acids is 1. The van der Waals surface area contributed by atoms with E-state index in [0.29, 0.717) is 42.6 Å². The van der Waals surface area contributed by atoms with Crippen LogP contribution in [-0.2, 0) is 4.79 Å². The molecule has 8 nitrogen and oxygen atoms in total. The van der Waals surface area contributed by atoms with E-state index in [4.69, 9.17) is 18.9 Å². The molecule has 4 rings (SSSR count). The predicted molar refractivity (Wildman–Crippen MR) is 139 cm³/mol. The van der Waals surface area contributed by atoms with Crippen LogP contribution < -0.4 is 24.3 Å². The van der Waals surface area contributed by atoms with E-state index in [1.54, 1.807) is 25.3 Å². The Morgan fingerprint density at radius 1 is 1.11 bits per heavy atom. The summed E-state index contributed by atoms with van der Waals surface area (Å²) in [4.78, 5) is 15.2. The average molecular weight is 501 g/mol. The van der Waals surface area contributed by atoms with Crippen LogP contribution >= 0.6 is 0 Å². The summed E-state index contributed by atoms with van der Waals surface area (Å²) in [7, 11) is 1.61. The lowest BCUT2D eigenvalue weighted by Gasteiger charge is -2.36. The highest BCUT2D eigenvalue weighted by molar-refractivity contribution is 5.76. The minimum Gasteiger partial charge on any atom is -0.497 e. The van der Waals surface area contributed by atoms with Gasteiger partial charge in [-0.1, -0.05) is 13.5 Å². The van der Waals surface area contributed by atoms with Gasteiger partial charge in [-0.2, -0.15) is 0 Å². The van der Waals surface area contributed by atoms with Crippen LogP contribution in [0, 0.1) is 0 Å². The third-order valence-corrected chi connectivity index (χ3v) is 6.78. The molecule has 2 atom stereocenters. The molecular weight excluding hydrogens is 460 g/mol. The number of hydrogen-bond acceptors (Lipinski definition) is 7. The van der Waals surface area contributed by atoms with Gasteiger partial charge in [0, 0.05) is 12.1 Å². The number of likely N-dealkylation sites (tertiary alicyclic amines) is 1. The van der Waals surface area contributed by atoms with Gasteiger partial charge in [0.25, 0.3) is 0 Å². The summed E-state index contributed by atoms with van der Waals surface area (Å²) in [5.41, 5.74) is 0.707. The van der Waals surface area contributed by atoms with Crippen LogP contribution in [0.4, 0.5) is 0 Å². The van der Waals surface area contributed by atoms with Crippen molar-refractivity contribution in [3.8, 4) is 23.0 Å². The largest absolute Gasteiger partial charge is 0.497 e. The van der Waals surface area contributed by atoms with Crippen LogP contribution in [0.1, 0.15) is 52.2 Å². The minimum atomic E-state index is -0.895. The standard InChI is InChI=1S/C27H36N2O6.CH4/c1-27(2)12-4-13-29(27)18-22(26(31)19-5-10-23-24(17-19)35-16-15-34-23)28-25(30)11-14-33-21-8-6-20(32-3)7-9-21;/h5-10,17,22,26,31H,4,11-16,18H2,1-3H3,(H,28,30);1H4/t22-,26-;/m1./s1. The van der Waals surface area contributed by atoms with E-state index in [2.05, 4.69) is 24.1 Å². The fourth-order valence-corrected chi connectivity index (χ4v) is 4.65. The molecule has 0 radical (unpaired) electrons. The Morgan fingerprint density at radius 3 is 2.47 bits per heavy atom. The van der Waals surface area contributed by atoms with E-state index in [9.17, 15) is 9.90 Å². The number of nitrogens with zero attached hydrogens (tertiary/aromatic N) is 1. The van der Waals surface area contributed by atoms with Crippen LogP contribution in [0.5, 0.6) is 23.0 Å². The third-order valence-electron chi connectivity index (χ3n) is 6.78. The fraction of sp³-hybridized carbons (Fsp3) is 0.536. The number of hydrogen-bond donors (Lipinski definition) is 2. The monoisotopic (exact) mass is 500 g/mol. The maximum atomic E-state index is 12.9. The molecule has 2 aliphatic rings. The lowest BCUT2D eigenvalue weighted by atomic mass is 9.98. The lowest BCUT2D eigenvalue weighted by Crippen LogP contribution is -2.51. The van der Waals surface area contributed by atoms with Crippen molar-refractivity contribution in [1.82, 2.24) is 10.2 Å². The molecule has 0 bridgehead atoms. The number of methoxy groups -OCH3 is 1. The summed E-state index contributed by atoms with van der Waals surface area (Å²) in [6.45, 7) is 7.12. The van der Waals surface area contributed by atoms with Crippen molar-refractivity contribution in [2.75, 3.05) is 40.0 Å². The van der Waals surface area contributed by atoms with Crippen LogP contribution in [0.15, 0.2) is 42.5 Å². The molecule has 2 heterocycles. The Labute approximate surface area is 214 Å². The van der Waals surface area contributed by atoms with Gasteiger partial charge in [0.05, 0.1) is 26.2 Å². The Bertz CT molecular complexity index is 994. The molecule has 1 fully saturated rings. The van der Waals surface area contributed by atoms with E-state index in [0.717, 1.165) is 25.1 Å². The van der Waals surface area contributed by atoms with Crippen molar-refractivity contribution in [3.05, 3.63) is 48.0 Å². The first-order valence-corrected chi connectivity index (χ1v) is 12.2. The van der Waals surface area contributed by atoms with E-state index < -0.39 is 12.1 Å². The molecule has 36 heavy (non-hydrogen) atoms. The van der Waals surface area contributed by atoms with Crippen LogP contribution in [-0.4, -0.2) is 67.5 Å². The molecular formula is C28H40N2O6. The number of nitrogens with one attached hydrogen (secondary N) is 1. The fourth-order valence-electron chi connectivity index (χ4n) is 4.65. The second kappa shape index (κ2) is 12.3. The summed E-state index contributed by atoms with van der Waals surface area (Å²) >= 11 is 0. The molecule has 2 N–H and O–H groups in total. The Morgan fingerprint density at radius 2 is 1.81 bits per heavy atom. The van der Waals surface area contributed by atoms with Gasteiger partial charge in [-0.25, -0.2) is 0 Å². The van der Waals surface area contributed by atoms with E-state index >= 15 is 0 Å². The van der Waals surface area contributed by atoms with Crippen molar-refractivity contribution in [1.29, 1.82) is 0 Å². The van der Waals surface area contributed by atoms with Crippen molar-refractivity contribution in [2.24, 2.45) is 0 Å². The van der Waals surface area contributed by atoms with E-state index in [1.165, 1.54) is 0 Å². The lowest BCUT2D eigenvalue weighted by molar-refractivity contribution is -0.123. The predicted octanol–water partition coefficient (Wildman–Crippen LogP) is 3.96. The van der Waals surface area contributed by atoms with Crippen molar-refractivity contribution >= 4 is 5.91 Å². The van der Waals surface area contributed by atoms with Gasteiger partial charge < -0.3 is 29.4 Å². The number of fused-ring (bicyclic) bond motifs is 1. The highest BCUT2D eigenvalue weighted by atomic mass is 16.6. The second-order valence-corrected chi connectivity index (χ2v) is 9.66. The number of ether oxygens (including phenoxy) is 4. The normalized spacial score (nSPS) is 18.0. The molecule has 0 unspecified atom stereocenters. The van der Waals surface area contributed by atoms with Gasteiger partial charge in [0.2, 0.25) is 5.91 Å². The maximum absolute atomic E-state index is 12.9. The van der Waals surface area contributed by atoms with Crippen LogP contribution in [0.25, 0.3) is 0 Å².